The van der Waals surface area contributed by atoms with Crippen molar-refractivity contribution in [1.29, 1.82) is 0 Å². The molecule has 7 heteroatoms. The van der Waals surface area contributed by atoms with Gasteiger partial charge in [-0.2, -0.15) is 4.39 Å². The van der Waals surface area contributed by atoms with Crippen LogP contribution in [0.25, 0.3) is 0 Å². The van der Waals surface area contributed by atoms with Crippen molar-refractivity contribution in [2.24, 2.45) is 0 Å². The Morgan fingerprint density at radius 1 is 1.35 bits per heavy atom. The zero-order valence-corrected chi connectivity index (χ0v) is 13.0. The second kappa shape index (κ2) is 6.36. The van der Waals surface area contributed by atoms with E-state index in [0.29, 0.717) is 5.02 Å². The van der Waals surface area contributed by atoms with Crippen LogP contribution in [0, 0.1) is 19.5 Å². The van der Waals surface area contributed by atoms with Crippen molar-refractivity contribution in [2.45, 2.75) is 6.54 Å². The van der Waals surface area contributed by atoms with E-state index in [2.05, 4.69) is 27.9 Å². The van der Waals surface area contributed by atoms with Gasteiger partial charge in [-0.25, -0.2) is 0 Å². The van der Waals surface area contributed by atoms with Gasteiger partial charge in [-0.3, -0.25) is 10.1 Å². The van der Waals surface area contributed by atoms with E-state index in [-0.39, 0.29) is 12.1 Å². The molecular weight excluding hydrogens is 398 g/mol. The molecule has 2 rings (SSSR count). The molecule has 0 heterocycles. The van der Waals surface area contributed by atoms with Crippen molar-refractivity contribution >= 4 is 45.6 Å². The number of benzene rings is 2. The first-order chi connectivity index (χ1) is 9.49. The predicted molar refractivity (Wildman–Crippen MR) is 84.6 cm³/mol. The molecule has 0 aromatic heterocycles. The number of hydrogen-bond donors (Lipinski definition) is 1. The van der Waals surface area contributed by atoms with Gasteiger partial charge in [0.15, 0.2) is 0 Å². The normalized spacial score (nSPS) is 10.3. The Bertz CT molecular complexity index is 667. The summed E-state index contributed by atoms with van der Waals surface area (Å²) in [5, 5.41) is 14.3. The first kappa shape index (κ1) is 15.0. The van der Waals surface area contributed by atoms with Crippen molar-refractivity contribution in [2.75, 3.05) is 5.32 Å². The Morgan fingerprint density at radius 3 is 2.75 bits per heavy atom. The van der Waals surface area contributed by atoms with E-state index in [9.17, 15) is 14.5 Å². The minimum absolute atomic E-state index is 0.158. The van der Waals surface area contributed by atoms with Crippen molar-refractivity contribution in [1.82, 2.24) is 0 Å². The quantitative estimate of drug-likeness (QED) is 0.458. The molecule has 0 fully saturated rings. The van der Waals surface area contributed by atoms with E-state index < -0.39 is 16.4 Å². The van der Waals surface area contributed by atoms with E-state index in [1.165, 1.54) is 12.1 Å². The Kier molecular flexibility index (Phi) is 4.77. The van der Waals surface area contributed by atoms with Crippen LogP contribution in [0.3, 0.4) is 0 Å². The summed E-state index contributed by atoms with van der Waals surface area (Å²) >= 11 is 7.95. The van der Waals surface area contributed by atoms with Gasteiger partial charge in [0.1, 0.15) is 0 Å². The highest BCUT2D eigenvalue weighted by molar-refractivity contribution is 14.1. The van der Waals surface area contributed by atoms with Crippen LogP contribution in [-0.4, -0.2) is 4.92 Å². The lowest BCUT2D eigenvalue weighted by Crippen LogP contribution is -2.05. The smallest absolute Gasteiger partial charge is 0.305 e. The third-order valence-electron chi connectivity index (χ3n) is 2.66. The molecule has 4 nitrogen and oxygen atoms in total. The maximum atomic E-state index is 13.9. The molecule has 0 unspecified atom stereocenters. The Labute approximate surface area is 133 Å². The molecule has 0 amide bonds. The summed E-state index contributed by atoms with van der Waals surface area (Å²) < 4.78 is 14.8. The van der Waals surface area contributed by atoms with E-state index in [0.717, 1.165) is 15.3 Å². The topological polar surface area (TPSA) is 55.2 Å². The van der Waals surface area contributed by atoms with Gasteiger partial charge in [-0.05, 0) is 40.8 Å². The van der Waals surface area contributed by atoms with Gasteiger partial charge in [-0.15, -0.1) is 0 Å². The summed E-state index contributed by atoms with van der Waals surface area (Å²) in [6.45, 7) is 0.158. The third kappa shape index (κ3) is 3.37. The molecule has 0 bridgehead atoms. The molecule has 104 valence electrons. The molecule has 0 aliphatic rings. The minimum atomic E-state index is -0.811. The predicted octanol–water partition coefficient (Wildman–Crippen LogP) is 4.60. The largest absolute Gasteiger partial charge is 0.380 e. The number of anilines is 1. The molecule has 0 aliphatic carbocycles. The zero-order valence-electron chi connectivity index (χ0n) is 10.1. The van der Waals surface area contributed by atoms with Crippen LogP contribution >= 0.6 is 34.2 Å². The zero-order chi connectivity index (χ0) is 14.7. The van der Waals surface area contributed by atoms with E-state index >= 15 is 0 Å². The average molecular weight is 407 g/mol. The molecule has 1 N–H and O–H groups in total. The summed E-state index contributed by atoms with van der Waals surface area (Å²) in [6, 6.07) is 9.39. The molecule has 0 atom stereocenters. The van der Waals surface area contributed by atoms with Crippen LogP contribution in [0.4, 0.5) is 15.8 Å². The van der Waals surface area contributed by atoms with Crippen molar-refractivity contribution in [3.63, 3.8) is 0 Å². The highest BCUT2D eigenvalue weighted by Crippen LogP contribution is 2.24. The van der Waals surface area contributed by atoms with Crippen LogP contribution in [0.2, 0.25) is 5.02 Å². The number of nitrogens with one attached hydrogen (secondary N) is 1. The maximum Gasteiger partial charge on any atom is 0.305 e. The number of nitro groups is 1. The van der Waals surface area contributed by atoms with Gasteiger partial charge < -0.3 is 5.32 Å². The molecule has 0 spiro atoms. The fourth-order valence-electron chi connectivity index (χ4n) is 1.67. The summed E-state index contributed by atoms with van der Waals surface area (Å²) in [7, 11) is 0. The SMILES string of the molecule is O=[N+]([O-])c1cccc(CNc2ccc(Cl)cc2I)c1F. The molecule has 2 aromatic carbocycles. The highest BCUT2D eigenvalue weighted by Gasteiger charge is 2.16. The highest BCUT2D eigenvalue weighted by atomic mass is 127. The lowest BCUT2D eigenvalue weighted by atomic mass is 10.2. The van der Waals surface area contributed by atoms with E-state index in [4.69, 9.17) is 11.6 Å². The summed E-state index contributed by atoms with van der Waals surface area (Å²) in [4.78, 5) is 9.94. The summed E-state index contributed by atoms with van der Waals surface area (Å²) in [6.07, 6.45) is 0. The monoisotopic (exact) mass is 406 g/mol. The number of nitro benzene ring substituents is 1. The lowest BCUT2D eigenvalue weighted by Gasteiger charge is -2.09. The van der Waals surface area contributed by atoms with Crippen LogP contribution in [0.5, 0.6) is 0 Å². The number of halogens is 3. The first-order valence-electron chi connectivity index (χ1n) is 5.59. The summed E-state index contributed by atoms with van der Waals surface area (Å²) in [5.41, 5.74) is 0.515. The van der Waals surface area contributed by atoms with Crippen LogP contribution < -0.4 is 5.32 Å². The second-order valence-corrected chi connectivity index (χ2v) is 5.58. The molecule has 0 radical (unpaired) electrons. The van der Waals surface area contributed by atoms with Crippen molar-refractivity contribution in [3.8, 4) is 0 Å². The van der Waals surface area contributed by atoms with Crippen LogP contribution in [0.1, 0.15) is 5.56 Å². The molecule has 20 heavy (non-hydrogen) atoms. The van der Waals surface area contributed by atoms with Gasteiger partial charge in [0.05, 0.1) is 4.92 Å². The molecule has 2 aromatic rings. The maximum absolute atomic E-state index is 13.9. The standard InChI is InChI=1S/C13H9ClFIN2O2/c14-9-4-5-11(10(16)6-9)17-7-8-2-1-3-12(13(8)15)18(19)20/h1-6,17H,7H2. The van der Waals surface area contributed by atoms with Gasteiger partial charge >= 0.3 is 5.69 Å². The Balaban J connectivity index is 2.19. The second-order valence-electron chi connectivity index (χ2n) is 3.99. The first-order valence-corrected chi connectivity index (χ1v) is 7.05. The minimum Gasteiger partial charge on any atom is -0.380 e. The van der Waals surface area contributed by atoms with Gasteiger partial charge in [0.2, 0.25) is 5.82 Å². The van der Waals surface area contributed by atoms with Gasteiger partial charge in [-0.1, -0.05) is 23.7 Å². The fourth-order valence-corrected chi connectivity index (χ4v) is 2.73. The Hall–Kier alpha value is -1.41. The molecule has 0 aliphatic heterocycles. The number of rotatable bonds is 4. The fraction of sp³-hybridized carbons (Fsp3) is 0.0769. The third-order valence-corrected chi connectivity index (χ3v) is 3.78. The van der Waals surface area contributed by atoms with Gasteiger partial charge in [0, 0.05) is 32.5 Å². The van der Waals surface area contributed by atoms with Crippen molar-refractivity contribution < 1.29 is 9.31 Å². The van der Waals surface area contributed by atoms with Crippen LogP contribution in [0.15, 0.2) is 36.4 Å². The number of hydrogen-bond acceptors (Lipinski definition) is 3. The lowest BCUT2D eigenvalue weighted by molar-refractivity contribution is -0.387. The van der Waals surface area contributed by atoms with Crippen molar-refractivity contribution in [3.05, 3.63) is 66.5 Å². The van der Waals surface area contributed by atoms with E-state index in [1.54, 1.807) is 18.2 Å². The average Bonchev–Trinajstić information content (AvgIpc) is 2.39. The molecule has 0 saturated heterocycles. The molecule has 0 saturated carbocycles. The van der Waals surface area contributed by atoms with Crippen LogP contribution in [-0.2, 0) is 6.54 Å². The molecular formula is C13H9ClFIN2O2. The Morgan fingerprint density at radius 2 is 2.10 bits per heavy atom. The van der Waals surface area contributed by atoms with Gasteiger partial charge in [0.25, 0.3) is 0 Å². The number of nitrogens with zero attached hydrogens (tertiary/aromatic N) is 1. The van der Waals surface area contributed by atoms with E-state index in [1.807, 2.05) is 0 Å². The summed E-state index contributed by atoms with van der Waals surface area (Å²) in [5.74, 6) is -0.811.